The minimum absolute atomic E-state index is 0.128. The molecule has 5 nitrogen and oxygen atoms in total. The van der Waals surface area contributed by atoms with Crippen LogP contribution in [0.4, 0.5) is 0 Å². The molecule has 1 aromatic carbocycles. The molecule has 2 N–H and O–H groups in total. The molecule has 0 spiro atoms. The van der Waals surface area contributed by atoms with E-state index in [-0.39, 0.29) is 11.9 Å². The Hall–Kier alpha value is -1.59. The monoisotopic (exact) mass is 264 g/mol. The van der Waals surface area contributed by atoms with Gasteiger partial charge < -0.3 is 20.1 Å². The van der Waals surface area contributed by atoms with Crippen LogP contribution in [0.1, 0.15) is 17.3 Å². The third kappa shape index (κ3) is 2.88. The number of para-hydroxylation sites is 1. The topological polar surface area (TPSA) is 61.8 Å². The van der Waals surface area contributed by atoms with E-state index in [4.69, 9.17) is 4.74 Å². The predicted molar refractivity (Wildman–Crippen MR) is 72.4 cm³/mol. The molecular weight excluding hydrogens is 244 g/mol. The van der Waals surface area contributed by atoms with Gasteiger partial charge in [-0.2, -0.15) is 0 Å². The highest BCUT2D eigenvalue weighted by molar-refractivity contribution is 5.97. The molecule has 5 heteroatoms. The smallest absolute Gasteiger partial charge is 0.257 e. The molecule has 2 rings (SSSR count). The van der Waals surface area contributed by atoms with Crippen LogP contribution in [0.25, 0.3) is 0 Å². The maximum atomic E-state index is 12.5. The molecule has 104 valence electrons. The van der Waals surface area contributed by atoms with Crippen molar-refractivity contribution in [1.82, 2.24) is 10.2 Å². The van der Waals surface area contributed by atoms with Crippen LogP contribution in [0.3, 0.4) is 0 Å². The lowest BCUT2D eigenvalue weighted by Crippen LogP contribution is -2.44. The summed E-state index contributed by atoms with van der Waals surface area (Å²) >= 11 is 0. The second kappa shape index (κ2) is 6.04. The minimum atomic E-state index is -0.520. The van der Waals surface area contributed by atoms with Crippen molar-refractivity contribution in [3.63, 3.8) is 0 Å². The van der Waals surface area contributed by atoms with Gasteiger partial charge in [0.2, 0.25) is 0 Å². The number of ether oxygens (including phenoxy) is 1. The van der Waals surface area contributed by atoms with Crippen LogP contribution in [0.2, 0.25) is 0 Å². The van der Waals surface area contributed by atoms with Gasteiger partial charge in [0.1, 0.15) is 5.75 Å². The van der Waals surface area contributed by atoms with Gasteiger partial charge >= 0.3 is 0 Å². The normalized spacial score (nSPS) is 22.3. The zero-order valence-corrected chi connectivity index (χ0v) is 11.3. The van der Waals surface area contributed by atoms with E-state index in [2.05, 4.69) is 5.32 Å². The fraction of sp³-hybridized carbons (Fsp3) is 0.500. The first-order chi connectivity index (χ1) is 9.15. The zero-order valence-electron chi connectivity index (χ0n) is 11.3. The number of benzene rings is 1. The van der Waals surface area contributed by atoms with Crippen LogP contribution >= 0.6 is 0 Å². The van der Waals surface area contributed by atoms with Crippen LogP contribution in [-0.2, 0) is 0 Å². The standard InChI is InChI=1S/C14H20N2O3/c1-3-19-13-7-5-4-6-10(13)14(18)16(2)11-8-15-9-12(11)17/h4-7,11-12,15,17H,3,8-9H2,1-2H3/t11-,12-/m1/s1. The molecule has 0 aliphatic carbocycles. The summed E-state index contributed by atoms with van der Waals surface area (Å²) in [6.45, 7) is 3.53. The molecule has 1 saturated heterocycles. The van der Waals surface area contributed by atoms with E-state index >= 15 is 0 Å². The highest BCUT2D eigenvalue weighted by Crippen LogP contribution is 2.21. The molecule has 0 saturated carbocycles. The van der Waals surface area contributed by atoms with Crippen LogP contribution in [0.15, 0.2) is 24.3 Å². The van der Waals surface area contributed by atoms with Gasteiger partial charge in [0.05, 0.1) is 24.3 Å². The maximum Gasteiger partial charge on any atom is 0.257 e. The molecule has 19 heavy (non-hydrogen) atoms. The Kier molecular flexibility index (Phi) is 4.39. The number of hydrogen-bond donors (Lipinski definition) is 2. The Balaban J connectivity index is 2.19. The number of amides is 1. The fourth-order valence-electron chi connectivity index (χ4n) is 2.31. The van der Waals surface area contributed by atoms with E-state index in [1.165, 1.54) is 0 Å². The van der Waals surface area contributed by atoms with E-state index in [0.717, 1.165) is 0 Å². The third-order valence-corrected chi connectivity index (χ3v) is 3.39. The number of carbonyl (C=O) groups excluding carboxylic acids is 1. The number of hydrogen-bond acceptors (Lipinski definition) is 4. The second-order valence-electron chi connectivity index (χ2n) is 4.64. The van der Waals surface area contributed by atoms with Crippen molar-refractivity contribution < 1.29 is 14.6 Å². The Labute approximate surface area is 113 Å². The number of β-amino-alcohol motifs (C(OH)–C–C–N with tert-alkyl or cyclic N) is 1. The first-order valence-corrected chi connectivity index (χ1v) is 6.53. The van der Waals surface area contributed by atoms with Crippen molar-refractivity contribution in [2.45, 2.75) is 19.1 Å². The molecular formula is C14H20N2O3. The van der Waals surface area contributed by atoms with Crippen LogP contribution in [-0.4, -0.2) is 54.8 Å². The van der Waals surface area contributed by atoms with Crippen LogP contribution in [0, 0.1) is 0 Å². The highest BCUT2D eigenvalue weighted by atomic mass is 16.5. The molecule has 1 amide bonds. The summed E-state index contributed by atoms with van der Waals surface area (Å²) in [6.07, 6.45) is -0.520. The average molecular weight is 264 g/mol. The number of nitrogens with one attached hydrogen (secondary N) is 1. The van der Waals surface area contributed by atoms with Gasteiger partial charge in [-0.25, -0.2) is 0 Å². The molecule has 2 atom stereocenters. The summed E-state index contributed by atoms with van der Waals surface area (Å²) < 4.78 is 5.47. The van der Waals surface area contributed by atoms with Crippen molar-refractivity contribution in [3.05, 3.63) is 29.8 Å². The van der Waals surface area contributed by atoms with E-state index in [0.29, 0.717) is 31.0 Å². The second-order valence-corrected chi connectivity index (χ2v) is 4.64. The maximum absolute atomic E-state index is 12.5. The Morgan fingerprint density at radius 2 is 2.21 bits per heavy atom. The van der Waals surface area contributed by atoms with Gasteiger partial charge in [0.15, 0.2) is 0 Å². The van der Waals surface area contributed by atoms with Crippen LogP contribution in [0.5, 0.6) is 5.75 Å². The van der Waals surface area contributed by atoms with Crippen molar-refractivity contribution in [2.75, 3.05) is 26.7 Å². The van der Waals surface area contributed by atoms with Gasteiger partial charge in [0.25, 0.3) is 5.91 Å². The lowest BCUT2D eigenvalue weighted by atomic mass is 10.1. The molecule has 1 aliphatic heterocycles. The summed E-state index contributed by atoms with van der Waals surface area (Å²) in [5.41, 5.74) is 0.533. The molecule has 1 aromatic rings. The quantitative estimate of drug-likeness (QED) is 0.831. The Morgan fingerprint density at radius 3 is 2.84 bits per heavy atom. The summed E-state index contributed by atoms with van der Waals surface area (Å²) in [4.78, 5) is 14.1. The number of rotatable bonds is 4. The SMILES string of the molecule is CCOc1ccccc1C(=O)N(C)[C@@H]1CNC[C@H]1O. The van der Waals surface area contributed by atoms with Crippen molar-refractivity contribution >= 4 is 5.91 Å². The first kappa shape index (κ1) is 13.8. The fourth-order valence-corrected chi connectivity index (χ4v) is 2.31. The van der Waals surface area contributed by atoms with Gasteiger partial charge in [-0.05, 0) is 19.1 Å². The molecule has 1 heterocycles. The number of carbonyl (C=O) groups is 1. The molecule has 0 radical (unpaired) electrons. The highest BCUT2D eigenvalue weighted by Gasteiger charge is 2.32. The lowest BCUT2D eigenvalue weighted by Gasteiger charge is -2.27. The van der Waals surface area contributed by atoms with Gasteiger partial charge in [-0.15, -0.1) is 0 Å². The number of aliphatic hydroxyl groups excluding tert-OH is 1. The van der Waals surface area contributed by atoms with Crippen molar-refractivity contribution in [3.8, 4) is 5.75 Å². The average Bonchev–Trinajstić information content (AvgIpc) is 2.84. The molecule has 1 aliphatic rings. The summed E-state index contributed by atoms with van der Waals surface area (Å²) in [5, 5.41) is 12.9. The number of likely N-dealkylation sites (N-methyl/N-ethyl adjacent to an activating group) is 1. The summed E-state index contributed by atoms with van der Waals surface area (Å²) in [6, 6.07) is 7.00. The lowest BCUT2D eigenvalue weighted by molar-refractivity contribution is 0.0577. The Morgan fingerprint density at radius 1 is 1.47 bits per heavy atom. The minimum Gasteiger partial charge on any atom is -0.493 e. The zero-order chi connectivity index (χ0) is 13.8. The van der Waals surface area contributed by atoms with Crippen molar-refractivity contribution in [2.24, 2.45) is 0 Å². The predicted octanol–water partition coefficient (Wildman–Crippen LogP) is 0.490. The van der Waals surface area contributed by atoms with Gasteiger partial charge in [-0.3, -0.25) is 4.79 Å². The first-order valence-electron chi connectivity index (χ1n) is 6.53. The van der Waals surface area contributed by atoms with Crippen LogP contribution < -0.4 is 10.1 Å². The molecule has 1 fully saturated rings. The molecule has 0 bridgehead atoms. The van der Waals surface area contributed by atoms with Gasteiger partial charge in [-0.1, -0.05) is 12.1 Å². The van der Waals surface area contributed by atoms with Gasteiger partial charge in [0, 0.05) is 20.1 Å². The van der Waals surface area contributed by atoms with E-state index in [1.807, 2.05) is 19.1 Å². The number of nitrogens with zero attached hydrogens (tertiary/aromatic N) is 1. The summed E-state index contributed by atoms with van der Waals surface area (Å²) in [7, 11) is 1.71. The van der Waals surface area contributed by atoms with E-state index in [1.54, 1.807) is 24.1 Å². The molecule has 0 aromatic heterocycles. The molecule has 0 unspecified atom stereocenters. The largest absolute Gasteiger partial charge is 0.493 e. The number of aliphatic hydroxyl groups is 1. The Bertz CT molecular complexity index is 450. The van der Waals surface area contributed by atoms with E-state index < -0.39 is 6.10 Å². The van der Waals surface area contributed by atoms with E-state index in [9.17, 15) is 9.90 Å². The third-order valence-electron chi connectivity index (χ3n) is 3.39. The summed E-state index contributed by atoms with van der Waals surface area (Å²) in [5.74, 6) is 0.457. The van der Waals surface area contributed by atoms with Crippen molar-refractivity contribution in [1.29, 1.82) is 0 Å².